The van der Waals surface area contributed by atoms with Crippen LogP contribution in [0.2, 0.25) is 5.02 Å². The summed E-state index contributed by atoms with van der Waals surface area (Å²) in [6.45, 7) is 3.36. The van der Waals surface area contributed by atoms with E-state index in [4.69, 9.17) is 21.1 Å². The van der Waals surface area contributed by atoms with Crippen LogP contribution in [0, 0.1) is 5.92 Å². The van der Waals surface area contributed by atoms with E-state index in [1.165, 1.54) is 12.7 Å². The number of urea groups is 1. The maximum atomic E-state index is 12.6. The lowest BCUT2D eigenvalue weighted by molar-refractivity contribution is 0.197. The highest BCUT2D eigenvalue weighted by atomic mass is 35.5. The van der Waals surface area contributed by atoms with Crippen molar-refractivity contribution in [2.45, 2.75) is 13.3 Å². The number of hydrogen-bond acceptors (Lipinski definition) is 6. The molecule has 1 fully saturated rings. The van der Waals surface area contributed by atoms with E-state index >= 15 is 0 Å². The number of anilines is 1. The Bertz CT molecular complexity index is 1140. The van der Waals surface area contributed by atoms with E-state index in [2.05, 4.69) is 33.5 Å². The Morgan fingerprint density at radius 2 is 2.03 bits per heavy atom. The third-order valence-corrected chi connectivity index (χ3v) is 5.53. The number of ether oxygens (including phenoxy) is 2. The Hall–Kier alpha value is -3.65. The molecule has 2 amide bonds. The molecule has 0 saturated carbocycles. The number of rotatable bonds is 5. The van der Waals surface area contributed by atoms with Crippen LogP contribution in [0.5, 0.6) is 17.5 Å². The van der Waals surface area contributed by atoms with Crippen molar-refractivity contribution in [2.24, 2.45) is 5.92 Å². The third-order valence-electron chi connectivity index (χ3n) is 5.30. The van der Waals surface area contributed by atoms with Gasteiger partial charge in [-0.25, -0.2) is 9.78 Å². The van der Waals surface area contributed by atoms with Gasteiger partial charge < -0.3 is 14.4 Å². The Labute approximate surface area is 197 Å². The largest absolute Gasteiger partial charge is 0.480 e. The lowest BCUT2D eigenvalue weighted by Crippen LogP contribution is -2.42. The second kappa shape index (κ2) is 10.3. The highest BCUT2D eigenvalue weighted by Gasteiger charge is 2.24. The van der Waals surface area contributed by atoms with Gasteiger partial charge in [0.2, 0.25) is 11.8 Å². The highest BCUT2D eigenvalue weighted by Crippen LogP contribution is 2.27. The molecule has 9 heteroatoms. The molecule has 0 bridgehead atoms. The summed E-state index contributed by atoms with van der Waals surface area (Å²) >= 11 is 5.88. The fourth-order valence-electron chi connectivity index (χ4n) is 3.56. The van der Waals surface area contributed by atoms with Gasteiger partial charge in [-0.1, -0.05) is 42.3 Å². The smallest absolute Gasteiger partial charge is 0.323 e. The molecule has 0 spiro atoms. The van der Waals surface area contributed by atoms with Crippen LogP contribution in [0.15, 0.2) is 60.3 Å². The zero-order chi connectivity index (χ0) is 23.2. The van der Waals surface area contributed by atoms with Crippen LogP contribution in [-0.4, -0.2) is 46.3 Å². The van der Waals surface area contributed by atoms with Crippen molar-refractivity contribution >= 4 is 29.5 Å². The van der Waals surface area contributed by atoms with Crippen LogP contribution in [0.1, 0.15) is 18.9 Å². The highest BCUT2D eigenvalue weighted by molar-refractivity contribution is 6.30. The number of carbonyl (C=O) groups is 1. The van der Waals surface area contributed by atoms with Crippen molar-refractivity contribution in [1.82, 2.24) is 20.1 Å². The second-order valence-electron chi connectivity index (χ2n) is 7.70. The first-order valence-corrected chi connectivity index (χ1v) is 10.9. The molecule has 1 saturated heterocycles. The summed E-state index contributed by atoms with van der Waals surface area (Å²) in [5.41, 5.74) is 2.32. The number of benzene rings is 1. The van der Waals surface area contributed by atoms with Crippen LogP contribution in [-0.2, 0) is 0 Å². The molecule has 170 valence electrons. The quantitative estimate of drug-likeness (QED) is 0.551. The minimum absolute atomic E-state index is 0.189. The number of pyridine rings is 1. The van der Waals surface area contributed by atoms with Crippen LogP contribution in [0.25, 0.3) is 6.08 Å². The summed E-state index contributed by atoms with van der Waals surface area (Å²) in [6, 6.07) is 14.4. The molecule has 1 unspecified atom stereocenters. The van der Waals surface area contributed by atoms with Gasteiger partial charge in [0.25, 0.3) is 0 Å². The molecule has 4 rings (SSSR count). The minimum Gasteiger partial charge on any atom is -0.480 e. The fraction of sp³-hybridized carbons (Fsp3) is 0.250. The van der Waals surface area contributed by atoms with Crippen molar-refractivity contribution in [1.29, 1.82) is 0 Å². The van der Waals surface area contributed by atoms with Crippen molar-refractivity contribution in [3.63, 3.8) is 0 Å². The molecule has 2 aromatic heterocycles. The fourth-order valence-corrected chi connectivity index (χ4v) is 3.67. The molecule has 1 aliphatic rings. The van der Waals surface area contributed by atoms with E-state index < -0.39 is 0 Å². The van der Waals surface area contributed by atoms with E-state index in [-0.39, 0.29) is 11.9 Å². The van der Waals surface area contributed by atoms with Gasteiger partial charge in [-0.05, 0) is 42.2 Å². The van der Waals surface area contributed by atoms with E-state index in [0.29, 0.717) is 41.4 Å². The number of amides is 2. The summed E-state index contributed by atoms with van der Waals surface area (Å²) in [7, 11) is 1.52. The number of nitrogens with zero attached hydrogens (tertiary/aromatic N) is 4. The summed E-state index contributed by atoms with van der Waals surface area (Å²) < 4.78 is 10.8. The molecule has 0 aliphatic carbocycles. The topological polar surface area (TPSA) is 89.5 Å². The molecule has 3 heterocycles. The summed E-state index contributed by atoms with van der Waals surface area (Å²) in [5, 5.41) is 11.2. The Kier molecular flexibility index (Phi) is 7.04. The first kappa shape index (κ1) is 22.5. The van der Waals surface area contributed by atoms with Gasteiger partial charge in [-0.2, -0.15) is 0 Å². The number of carbonyl (C=O) groups excluding carboxylic acids is 1. The van der Waals surface area contributed by atoms with E-state index in [9.17, 15) is 4.79 Å². The van der Waals surface area contributed by atoms with Gasteiger partial charge in [0.05, 0.1) is 12.1 Å². The number of nitrogens with one attached hydrogen (secondary N) is 1. The molecule has 1 aromatic carbocycles. The molecule has 8 nitrogen and oxygen atoms in total. The van der Waals surface area contributed by atoms with E-state index in [1.54, 1.807) is 35.4 Å². The number of likely N-dealkylation sites (tertiary alicyclic amines) is 1. The van der Waals surface area contributed by atoms with Crippen molar-refractivity contribution in [2.75, 3.05) is 25.5 Å². The van der Waals surface area contributed by atoms with Crippen molar-refractivity contribution < 1.29 is 14.3 Å². The van der Waals surface area contributed by atoms with Crippen LogP contribution in [0.3, 0.4) is 0 Å². The van der Waals surface area contributed by atoms with Crippen LogP contribution >= 0.6 is 11.6 Å². The second-order valence-corrected chi connectivity index (χ2v) is 8.13. The Morgan fingerprint density at radius 1 is 1.18 bits per heavy atom. The van der Waals surface area contributed by atoms with E-state index in [1.807, 2.05) is 24.3 Å². The van der Waals surface area contributed by atoms with Gasteiger partial charge in [-0.15, -0.1) is 10.2 Å². The predicted octanol–water partition coefficient (Wildman–Crippen LogP) is 5.28. The SMILES string of the molecule is COc1ccc(NC(=O)N2CC/C(=C\c3cccc(Oc4ccc(Cl)cn4)c3)C(C)C2)nn1. The molecule has 1 atom stereocenters. The Morgan fingerprint density at radius 3 is 2.73 bits per heavy atom. The third kappa shape index (κ3) is 5.98. The standard InChI is InChI=1S/C24H24ClN5O3/c1-16-15-30(24(31)27-21-7-9-23(32-2)29-28-21)11-10-18(16)12-17-4-3-5-20(13-17)33-22-8-6-19(25)14-26-22/h3-9,12-14,16H,10-11,15H2,1-2H3,(H,27,28,31)/b18-12+. The van der Waals surface area contributed by atoms with Gasteiger partial charge >= 0.3 is 6.03 Å². The van der Waals surface area contributed by atoms with Gasteiger partial charge in [-0.3, -0.25) is 5.32 Å². The zero-order valence-corrected chi connectivity index (χ0v) is 19.1. The lowest BCUT2D eigenvalue weighted by Gasteiger charge is -2.33. The molecule has 3 aromatic rings. The minimum atomic E-state index is -0.189. The molecular formula is C24H24ClN5O3. The molecule has 33 heavy (non-hydrogen) atoms. The number of piperidine rings is 1. The number of halogens is 1. The average molecular weight is 466 g/mol. The maximum absolute atomic E-state index is 12.6. The summed E-state index contributed by atoms with van der Waals surface area (Å²) in [6.07, 6.45) is 4.50. The van der Waals surface area contributed by atoms with Crippen molar-refractivity contribution in [3.05, 3.63) is 70.9 Å². The summed E-state index contributed by atoms with van der Waals surface area (Å²) in [4.78, 5) is 18.6. The van der Waals surface area contributed by atoms with Gasteiger partial charge in [0.1, 0.15) is 5.75 Å². The lowest BCUT2D eigenvalue weighted by atomic mass is 9.91. The number of aromatic nitrogens is 3. The van der Waals surface area contributed by atoms with Gasteiger partial charge in [0.15, 0.2) is 5.82 Å². The first-order valence-electron chi connectivity index (χ1n) is 10.5. The average Bonchev–Trinajstić information content (AvgIpc) is 2.82. The summed E-state index contributed by atoms with van der Waals surface area (Å²) in [5.74, 6) is 2.19. The molecular weight excluding hydrogens is 442 g/mol. The van der Waals surface area contributed by atoms with E-state index in [0.717, 1.165) is 12.0 Å². The molecule has 0 radical (unpaired) electrons. The predicted molar refractivity (Wildman–Crippen MR) is 127 cm³/mol. The maximum Gasteiger partial charge on any atom is 0.323 e. The Balaban J connectivity index is 1.37. The molecule has 1 aliphatic heterocycles. The zero-order valence-electron chi connectivity index (χ0n) is 18.4. The van der Waals surface area contributed by atoms with Crippen LogP contribution < -0.4 is 14.8 Å². The number of methoxy groups -OCH3 is 1. The number of hydrogen-bond donors (Lipinski definition) is 1. The van der Waals surface area contributed by atoms with Crippen molar-refractivity contribution in [3.8, 4) is 17.5 Å². The van der Waals surface area contributed by atoms with Crippen LogP contribution in [0.4, 0.5) is 10.6 Å². The monoisotopic (exact) mass is 465 g/mol. The normalized spacial score (nSPS) is 17.0. The van der Waals surface area contributed by atoms with Gasteiger partial charge in [0, 0.05) is 31.4 Å². The first-order chi connectivity index (χ1) is 16.0. The molecule has 1 N–H and O–H groups in total.